The normalized spacial score (nSPS) is 19.5. The van der Waals surface area contributed by atoms with Gasteiger partial charge in [-0.05, 0) is 31.1 Å². The molecule has 2 fully saturated rings. The minimum Gasteiger partial charge on any atom is -0.477 e. The zero-order valence-electron chi connectivity index (χ0n) is 19.2. The van der Waals surface area contributed by atoms with E-state index in [1.165, 1.54) is 4.52 Å². The Balaban J connectivity index is 1.66. The first-order valence-corrected chi connectivity index (χ1v) is 11.5. The number of urea groups is 1. The summed E-state index contributed by atoms with van der Waals surface area (Å²) in [5, 5.41) is 19.8. The van der Waals surface area contributed by atoms with E-state index in [0.717, 1.165) is 25.7 Å². The number of hydrogen-bond acceptors (Lipinski definition) is 5. The van der Waals surface area contributed by atoms with Gasteiger partial charge in [0, 0.05) is 25.3 Å². The molecule has 2 aromatic rings. The number of fused-ring (bicyclic) bond motifs is 3. The van der Waals surface area contributed by atoms with Gasteiger partial charge in [-0.2, -0.15) is 4.57 Å². The molecule has 5 rings (SSSR count). The predicted molar refractivity (Wildman–Crippen MR) is 118 cm³/mol. The molecule has 0 bridgehead atoms. The summed E-state index contributed by atoms with van der Waals surface area (Å²) < 4.78 is 8.32. The molecule has 0 radical (unpaired) electrons. The lowest BCUT2D eigenvalue weighted by Gasteiger charge is -2.36. The second kappa shape index (κ2) is 7.75. The highest BCUT2D eigenvalue weighted by Gasteiger charge is 2.40. The van der Waals surface area contributed by atoms with Gasteiger partial charge in [0.15, 0.2) is 5.82 Å². The minimum absolute atomic E-state index is 0.0295. The van der Waals surface area contributed by atoms with Gasteiger partial charge in [-0.25, -0.2) is 14.7 Å². The molecule has 11 heteroatoms. The fraction of sp³-hybridized carbons (Fsp3) is 0.636. The second-order valence-corrected chi connectivity index (χ2v) is 10.4. The Hall–Kier alpha value is -3.08. The molecule has 3 aliphatic rings. The summed E-state index contributed by atoms with van der Waals surface area (Å²) in [6.07, 6.45) is 3.21. The van der Waals surface area contributed by atoms with Crippen LogP contribution in [-0.4, -0.2) is 56.9 Å². The number of H-pyrrole nitrogens is 1. The van der Waals surface area contributed by atoms with Gasteiger partial charge in [-0.3, -0.25) is 10.1 Å². The van der Waals surface area contributed by atoms with Crippen molar-refractivity contribution in [3.63, 3.8) is 0 Å². The average molecular weight is 460 g/mol. The number of aromatic hydroxyl groups is 1. The van der Waals surface area contributed by atoms with Gasteiger partial charge >= 0.3 is 23.1 Å². The summed E-state index contributed by atoms with van der Waals surface area (Å²) in [6.45, 7) is 7.88. The number of amides is 3. The standard InChI is InChI=1S/C22H30N6O5/c1-22(2,3)11-27-18-14-10-26(13-6-8-33-9-7-13)21(32)24-16(14)25-28(18)20(31)15(19(27)30)17(29)23-12-4-5-12/h12-13H,4-11H2,1-3H3,(H3,23,24,25,29,30,31,32)/p+1. The third-order valence-corrected chi connectivity index (χ3v) is 6.38. The first-order valence-electron chi connectivity index (χ1n) is 11.5. The molecule has 0 unspecified atom stereocenters. The van der Waals surface area contributed by atoms with Crippen molar-refractivity contribution in [3.05, 3.63) is 21.5 Å². The molecule has 0 spiro atoms. The zero-order valence-corrected chi connectivity index (χ0v) is 19.2. The minimum atomic E-state index is -0.646. The molecule has 0 atom stereocenters. The Kier molecular flexibility index (Phi) is 5.11. The molecule has 2 aliphatic heterocycles. The lowest BCUT2D eigenvalue weighted by molar-refractivity contribution is -0.692. The molecule has 33 heavy (non-hydrogen) atoms. The van der Waals surface area contributed by atoms with Crippen molar-refractivity contribution in [2.24, 2.45) is 5.41 Å². The Labute approximate surface area is 190 Å². The second-order valence-electron chi connectivity index (χ2n) is 10.4. The fourth-order valence-corrected chi connectivity index (χ4v) is 4.63. The molecule has 1 saturated heterocycles. The Morgan fingerprint density at radius 3 is 2.55 bits per heavy atom. The van der Waals surface area contributed by atoms with Crippen LogP contribution < -0.4 is 20.8 Å². The molecule has 3 amide bonds. The number of nitrogens with zero attached hydrogens (tertiary/aromatic N) is 3. The largest absolute Gasteiger partial charge is 0.477 e. The monoisotopic (exact) mass is 459 g/mol. The maximum absolute atomic E-state index is 13.3. The van der Waals surface area contributed by atoms with E-state index in [2.05, 4.69) is 15.7 Å². The van der Waals surface area contributed by atoms with E-state index in [-0.39, 0.29) is 41.5 Å². The Morgan fingerprint density at radius 1 is 1.21 bits per heavy atom. The van der Waals surface area contributed by atoms with E-state index >= 15 is 0 Å². The maximum atomic E-state index is 13.3. The van der Waals surface area contributed by atoms with E-state index in [1.807, 2.05) is 20.8 Å². The number of anilines is 1. The molecular weight excluding hydrogens is 428 g/mol. The summed E-state index contributed by atoms with van der Waals surface area (Å²) in [5.41, 5.74) is -0.0523. The maximum Gasteiger partial charge on any atom is 0.378 e. The third-order valence-electron chi connectivity index (χ3n) is 6.38. The molecule has 0 aromatic carbocycles. The van der Waals surface area contributed by atoms with Crippen molar-refractivity contribution in [1.29, 1.82) is 0 Å². The molecule has 2 aromatic heterocycles. The molecule has 178 valence electrons. The third kappa shape index (κ3) is 3.94. The van der Waals surface area contributed by atoms with Gasteiger partial charge < -0.3 is 20.1 Å². The number of ether oxygens (including phenoxy) is 1. The number of rotatable bonds is 4. The van der Waals surface area contributed by atoms with E-state index in [9.17, 15) is 19.5 Å². The zero-order chi connectivity index (χ0) is 23.5. The van der Waals surface area contributed by atoms with Gasteiger partial charge in [0.1, 0.15) is 5.56 Å². The van der Waals surface area contributed by atoms with Gasteiger partial charge in [-0.1, -0.05) is 25.3 Å². The first-order chi connectivity index (χ1) is 15.6. The van der Waals surface area contributed by atoms with Crippen molar-refractivity contribution < 1.29 is 24.0 Å². The number of carbonyl (C=O) groups excluding carboxylic acids is 2. The number of aromatic amines is 1. The highest BCUT2D eigenvalue weighted by molar-refractivity contribution is 5.96. The van der Waals surface area contributed by atoms with E-state index in [1.54, 1.807) is 9.47 Å². The molecule has 4 N–H and O–H groups in total. The van der Waals surface area contributed by atoms with Crippen LogP contribution in [0.2, 0.25) is 0 Å². The van der Waals surface area contributed by atoms with Crippen molar-refractivity contribution in [3.8, 4) is 5.88 Å². The van der Waals surface area contributed by atoms with Crippen molar-refractivity contribution in [1.82, 2.24) is 19.8 Å². The van der Waals surface area contributed by atoms with Crippen molar-refractivity contribution in [2.45, 2.75) is 71.6 Å². The SMILES string of the molecule is CC(C)(C)C[n+]1c(O)c(C(=O)NC2CC2)c(=O)n2[nH]c3c(c21)CN(C1CCOCC1)C(=O)N3. The van der Waals surface area contributed by atoms with Crippen LogP contribution >= 0.6 is 0 Å². The Morgan fingerprint density at radius 2 is 1.91 bits per heavy atom. The summed E-state index contributed by atoms with van der Waals surface area (Å²) in [5.74, 6) is -0.538. The smallest absolute Gasteiger partial charge is 0.378 e. The summed E-state index contributed by atoms with van der Waals surface area (Å²) in [7, 11) is 0. The topological polar surface area (TPSA) is 132 Å². The Bertz CT molecular complexity index is 1180. The molecule has 1 saturated carbocycles. The molecule has 11 nitrogen and oxygen atoms in total. The van der Waals surface area contributed by atoms with Crippen LogP contribution in [-0.2, 0) is 17.8 Å². The first kappa shape index (κ1) is 21.7. The summed E-state index contributed by atoms with van der Waals surface area (Å²) in [6, 6.07) is -0.175. The fourth-order valence-electron chi connectivity index (χ4n) is 4.63. The lowest BCUT2D eigenvalue weighted by atomic mass is 9.96. The highest BCUT2D eigenvalue weighted by atomic mass is 16.5. The highest BCUT2D eigenvalue weighted by Crippen LogP contribution is 2.30. The van der Waals surface area contributed by atoms with Gasteiger partial charge in [0.25, 0.3) is 5.91 Å². The van der Waals surface area contributed by atoms with Crippen LogP contribution in [0.1, 0.15) is 62.4 Å². The van der Waals surface area contributed by atoms with Gasteiger partial charge in [-0.15, -0.1) is 0 Å². The van der Waals surface area contributed by atoms with Gasteiger partial charge in [0.05, 0.1) is 13.1 Å². The summed E-state index contributed by atoms with van der Waals surface area (Å²) in [4.78, 5) is 40.8. The van der Waals surface area contributed by atoms with Crippen LogP contribution in [0.4, 0.5) is 10.6 Å². The average Bonchev–Trinajstić information content (AvgIpc) is 3.48. The van der Waals surface area contributed by atoms with Crippen LogP contribution in [0.5, 0.6) is 5.88 Å². The van der Waals surface area contributed by atoms with E-state index in [4.69, 9.17) is 4.74 Å². The van der Waals surface area contributed by atoms with Gasteiger partial charge in [0.2, 0.25) is 5.56 Å². The van der Waals surface area contributed by atoms with E-state index < -0.39 is 11.5 Å². The van der Waals surface area contributed by atoms with Crippen LogP contribution in [0, 0.1) is 5.41 Å². The van der Waals surface area contributed by atoms with Crippen LogP contribution in [0.15, 0.2) is 4.79 Å². The number of aromatic nitrogens is 3. The van der Waals surface area contributed by atoms with Crippen LogP contribution in [0.3, 0.4) is 0 Å². The molecule has 1 aliphatic carbocycles. The molecule has 4 heterocycles. The van der Waals surface area contributed by atoms with Crippen molar-refractivity contribution >= 4 is 23.4 Å². The van der Waals surface area contributed by atoms with Crippen molar-refractivity contribution in [2.75, 3.05) is 18.5 Å². The summed E-state index contributed by atoms with van der Waals surface area (Å²) >= 11 is 0. The number of nitrogens with one attached hydrogen (secondary N) is 3. The quantitative estimate of drug-likeness (QED) is 0.508. The van der Waals surface area contributed by atoms with Crippen LogP contribution in [0.25, 0.3) is 5.65 Å². The number of hydrogen-bond donors (Lipinski definition) is 4. The number of carbonyl (C=O) groups is 2. The lowest BCUT2D eigenvalue weighted by Crippen LogP contribution is -2.49. The van der Waals surface area contributed by atoms with E-state index in [0.29, 0.717) is 36.8 Å². The predicted octanol–water partition coefficient (Wildman–Crippen LogP) is 1.09. The molecular formula is C22H31N6O5+.